The van der Waals surface area contributed by atoms with Gasteiger partial charge in [0.2, 0.25) is 0 Å². The molecule has 0 N–H and O–H groups in total. The van der Waals surface area contributed by atoms with Gasteiger partial charge in [-0.2, -0.15) is 0 Å². The molecule has 1 saturated carbocycles. The minimum atomic E-state index is -0.289. The minimum Gasteiger partial charge on any atom is -0.356 e. The highest BCUT2D eigenvalue weighted by molar-refractivity contribution is 5.89. The van der Waals surface area contributed by atoms with Crippen LogP contribution < -0.4 is 10.5 Å². The fourth-order valence-corrected chi connectivity index (χ4v) is 4.05. The third-order valence-corrected chi connectivity index (χ3v) is 5.84. The molecule has 0 spiro atoms. The second-order valence-electron chi connectivity index (χ2n) is 7.87. The summed E-state index contributed by atoms with van der Waals surface area (Å²) in [5.41, 5.74) is 1.63. The molecule has 28 heavy (non-hydrogen) atoms. The maximum atomic E-state index is 13.5. The molecule has 144 valence electrons. The molecule has 5 rings (SSSR count). The summed E-state index contributed by atoms with van der Waals surface area (Å²) < 4.78 is 15.2. The highest BCUT2D eigenvalue weighted by Gasteiger charge is 2.26. The minimum absolute atomic E-state index is 0.0585. The average Bonchev–Trinajstić information content (AvgIpc) is 3.55. The summed E-state index contributed by atoms with van der Waals surface area (Å²) in [6, 6.07) is 6.35. The van der Waals surface area contributed by atoms with Gasteiger partial charge in [0.05, 0.1) is 17.5 Å². The third kappa shape index (κ3) is 3.37. The maximum Gasteiger partial charge on any atom is 0.253 e. The lowest BCUT2D eigenvalue weighted by molar-refractivity contribution is 0.350. The molecule has 0 bridgehead atoms. The van der Waals surface area contributed by atoms with E-state index >= 15 is 0 Å². The van der Waals surface area contributed by atoms with Crippen LogP contribution in [0.5, 0.6) is 0 Å². The third-order valence-electron chi connectivity index (χ3n) is 5.84. The summed E-state index contributed by atoms with van der Waals surface area (Å²) in [4.78, 5) is 27.7. The number of rotatable bonds is 4. The normalized spacial score (nSPS) is 18.0. The molecule has 0 amide bonds. The predicted octanol–water partition coefficient (Wildman–Crippen LogP) is 3.12. The fraction of sp³-hybridized carbons (Fsp3) is 0.429. The van der Waals surface area contributed by atoms with Gasteiger partial charge in [0.15, 0.2) is 0 Å². The van der Waals surface area contributed by atoms with Crippen molar-refractivity contribution in [2.45, 2.75) is 38.1 Å². The Morgan fingerprint density at radius 3 is 2.61 bits per heavy atom. The monoisotopic (exact) mass is 379 g/mol. The van der Waals surface area contributed by atoms with Crippen LogP contribution in [0.4, 0.5) is 10.2 Å². The van der Waals surface area contributed by atoms with E-state index in [0.717, 1.165) is 55.7 Å². The van der Waals surface area contributed by atoms with Gasteiger partial charge in [0.25, 0.3) is 5.56 Å². The molecule has 1 saturated heterocycles. The van der Waals surface area contributed by atoms with Crippen molar-refractivity contribution in [2.75, 3.05) is 18.0 Å². The summed E-state index contributed by atoms with van der Waals surface area (Å²) in [6.45, 7) is 2.42. The lowest BCUT2D eigenvalue weighted by Crippen LogP contribution is -2.37. The number of hydrogen-bond donors (Lipinski definition) is 0. The number of piperidine rings is 1. The van der Waals surface area contributed by atoms with Gasteiger partial charge in [-0.3, -0.25) is 9.36 Å². The van der Waals surface area contributed by atoms with Crippen LogP contribution in [-0.4, -0.2) is 32.6 Å². The molecule has 0 radical (unpaired) electrons. The number of aromatic nitrogens is 4. The van der Waals surface area contributed by atoms with Crippen LogP contribution in [0, 0.1) is 11.7 Å². The van der Waals surface area contributed by atoms with Gasteiger partial charge in [0, 0.05) is 43.1 Å². The number of fused-ring (bicyclic) bond motifs is 1. The first kappa shape index (κ1) is 17.3. The molecule has 6 nitrogen and oxygen atoms in total. The zero-order chi connectivity index (χ0) is 19.1. The average molecular weight is 379 g/mol. The maximum absolute atomic E-state index is 13.5. The molecule has 1 aliphatic heterocycles. The summed E-state index contributed by atoms with van der Waals surface area (Å²) in [7, 11) is 0. The Morgan fingerprint density at radius 2 is 1.86 bits per heavy atom. The molecule has 2 aliphatic rings. The SMILES string of the molecule is O=c1cc(C2CC2)ncn1CC1CCN(c2ncnc3cc(F)ccc23)CC1. The Labute approximate surface area is 162 Å². The van der Waals surface area contributed by atoms with Crippen molar-refractivity contribution in [2.24, 2.45) is 5.92 Å². The molecule has 1 aliphatic carbocycles. The van der Waals surface area contributed by atoms with E-state index < -0.39 is 0 Å². The number of hydrogen-bond acceptors (Lipinski definition) is 5. The second-order valence-corrected chi connectivity index (χ2v) is 7.87. The highest BCUT2D eigenvalue weighted by atomic mass is 19.1. The molecular weight excluding hydrogens is 357 g/mol. The van der Waals surface area contributed by atoms with Gasteiger partial charge < -0.3 is 4.90 Å². The molecule has 2 aromatic heterocycles. The van der Waals surface area contributed by atoms with E-state index in [1.54, 1.807) is 23.0 Å². The van der Waals surface area contributed by atoms with Gasteiger partial charge in [-0.15, -0.1) is 0 Å². The Hall–Kier alpha value is -2.83. The molecular formula is C21H22FN5O. The first-order valence-electron chi connectivity index (χ1n) is 9.89. The van der Waals surface area contributed by atoms with Crippen molar-refractivity contribution in [3.8, 4) is 0 Å². The molecule has 2 fully saturated rings. The van der Waals surface area contributed by atoms with Crippen LogP contribution in [0.2, 0.25) is 0 Å². The van der Waals surface area contributed by atoms with Crippen LogP contribution in [0.1, 0.15) is 37.3 Å². The van der Waals surface area contributed by atoms with Crippen molar-refractivity contribution in [3.05, 3.63) is 58.8 Å². The van der Waals surface area contributed by atoms with Crippen molar-refractivity contribution in [1.29, 1.82) is 0 Å². The number of halogens is 1. The highest BCUT2D eigenvalue weighted by Crippen LogP contribution is 2.38. The topological polar surface area (TPSA) is 63.9 Å². The van der Waals surface area contributed by atoms with Gasteiger partial charge >= 0.3 is 0 Å². The van der Waals surface area contributed by atoms with Gasteiger partial charge in [-0.05, 0) is 43.7 Å². The van der Waals surface area contributed by atoms with E-state index in [2.05, 4.69) is 19.9 Å². The van der Waals surface area contributed by atoms with Gasteiger partial charge in [0.1, 0.15) is 18.0 Å². The summed E-state index contributed by atoms with van der Waals surface area (Å²) >= 11 is 0. The predicted molar refractivity (Wildman–Crippen MR) is 105 cm³/mol. The zero-order valence-electron chi connectivity index (χ0n) is 15.6. The van der Waals surface area contributed by atoms with E-state index in [-0.39, 0.29) is 11.4 Å². The summed E-state index contributed by atoms with van der Waals surface area (Å²) in [5, 5.41) is 0.874. The largest absolute Gasteiger partial charge is 0.356 e. The lowest BCUT2D eigenvalue weighted by atomic mass is 9.96. The van der Waals surface area contributed by atoms with E-state index in [9.17, 15) is 9.18 Å². The fourth-order valence-electron chi connectivity index (χ4n) is 4.05. The number of nitrogens with zero attached hydrogens (tertiary/aromatic N) is 5. The van der Waals surface area contributed by atoms with Crippen LogP contribution in [0.15, 0.2) is 41.7 Å². The Kier molecular flexibility index (Phi) is 4.30. The van der Waals surface area contributed by atoms with E-state index in [4.69, 9.17) is 0 Å². The molecule has 0 unspecified atom stereocenters. The molecule has 0 atom stereocenters. The number of anilines is 1. The van der Waals surface area contributed by atoms with Crippen LogP contribution in [-0.2, 0) is 6.54 Å². The quantitative estimate of drug-likeness (QED) is 0.697. The smallest absolute Gasteiger partial charge is 0.253 e. The van der Waals surface area contributed by atoms with Gasteiger partial charge in [-0.25, -0.2) is 19.3 Å². The zero-order valence-corrected chi connectivity index (χ0v) is 15.6. The van der Waals surface area contributed by atoms with E-state index in [0.29, 0.717) is 23.9 Å². The number of benzene rings is 1. The van der Waals surface area contributed by atoms with Crippen LogP contribution in [0.3, 0.4) is 0 Å². The Balaban J connectivity index is 1.27. The van der Waals surface area contributed by atoms with Gasteiger partial charge in [-0.1, -0.05) is 0 Å². The van der Waals surface area contributed by atoms with Crippen molar-refractivity contribution < 1.29 is 4.39 Å². The first-order chi connectivity index (χ1) is 13.7. The first-order valence-corrected chi connectivity index (χ1v) is 9.89. The van der Waals surface area contributed by atoms with Crippen molar-refractivity contribution >= 4 is 16.7 Å². The Bertz CT molecular complexity index is 1070. The van der Waals surface area contributed by atoms with Crippen LogP contribution in [0.25, 0.3) is 10.9 Å². The summed E-state index contributed by atoms with van der Waals surface area (Å²) in [6.07, 6.45) is 7.47. The van der Waals surface area contributed by atoms with Crippen molar-refractivity contribution in [3.63, 3.8) is 0 Å². The van der Waals surface area contributed by atoms with E-state index in [1.807, 2.05) is 0 Å². The lowest BCUT2D eigenvalue weighted by Gasteiger charge is -2.33. The molecule has 3 aromatic rings. The van der Waals surface area contributed by atoms with Crippen LogP contribution >= 0.6 is 0 Å². The standard InChI is InChI=1S/C21H22FN5O/c22-16-3-4-17-19(9-16)23-12-24-21(17)26-7-5-14(6-8-26)11-27-13-25-18(10-20(27)28)15-1-2-15/h3-4,9-10,12-15H,1-2,5-8,11H2. The second kappa shape index (κ2) is 6.96. The Morgan fingerprint density at radius 1 is 1.04 bits per heavy atom. The molecule has 1 aromatic carbocycles. The van der Waals surface area contributed by atoms with Crippen molar-refractivity contribution in [1.82, 2.24) is 19.5 Å². The molecule has 3 heterocycles. The molecule has 7 heteroatoms. The van der Waals surface area contributed by atoms with E-state index in [1.165, 1.54) is 18.5 Å². The summed E-state index contributed by atoms with van der Waals surface area (Å²) in [5.74, 6) is 1.51.